The van der Waals surface area contributed by atoms with Crippen molar-refractivity contribution in [3.8, 4) is 0 Å². The van der Waals surface area contributed by atoms with Gasteiger partial charge in [0.05, 0.1) is 5.69 Å². The third kappa shape index (κ3) is 4.44. The number of aryl methyl sites for hydroxylation is 3. The van der Waals surface area contributed by atoms with Crippen molar-refractivity contribution in [1.29, 1.82) is 0 Å². The predicted octanol–water partition coefficient (Wildman–Crippen LogP) is 3.43. The van der Waals surface area contributed by atoms with Crippen LogP contribution < -0.4 is 0 Å². The molecule has 1 heterocycles. The van der Waals surface area contributed by atoms with Gasteiger partial charge in [-0.15, -0.1) is 0 Å². The van der Waals surface area contributed by atoms with Gasteiger partial charge in [0.25, 0.3) is 0 Å². The van der Waals surface area contributed by atoms with Gasteiger partial charge in [-0.1, -0.05) is 31.2 Å². The van der Waals surface area contributed by atoms with Crippen molar-refractivity contribution in [2.24, 2.45) is 7.05 Å². The standard InChI is InChI=1S/C20H24N2O3/c1-6-16-7-9-17(10-8-16)20(24)15(4)25-19(23)12-11-18-13(2)21-22(5)14(18)3/h7-12,15H,6H2,1-5H3/b12-11+/t15-/m1/s1. The second-order valence-electron chi connectivity index (χ2n) is 6.04. The van der Waals surface area contributed by atoms with E-state index in [0.29, 0.717) is 5.56 Å². The number of aromatic nitrogens is 2. The summed E-state index contributed by atoms with van der Waals surface area (Å²) in [5.74, 6) is -0.758. The fourth-order valence-electron chi connectivity index (χ4n) is 2.59. The molecule has 1 atom stereocenters. The first kappa shape index (κ1) is 18.6. The summed E-state index contributed by atoms with van der Waals surface area (Å²) < 4.78 is 6.99. The van der Waals surface area contributed by atoms with Gasteiger partial charge in [-0.05, 0) is 38.8 Å². The van der Waals surface area contributed by atoms with Gasteiger partial charge in [-0.2, -0.15) is 5.10 Å². The van der Waals surface area contributed by atoms with E-state index in [0.717, 1.165) is 28.9 Å². The average molecular weight is 340 g/mol. The Kier molecular flexibility index (Phi) is 5.91. The molecule has 0 aliphatic heterocycles. The molecule has 0 N–H and O–H groups in total. The Morgan fingerprint density at radius 3 is 2.40 bits per heavy atom. The molecule has 1 aromatic heterocycles. The first-order valence-electron chi connectivity index (χ1n) is 8.35. The Hall–Kier alpha value is -2.69. The number of esters is 1. The van der Waals surface area contributed by atoms with Crippen molar-refractivity contribution in [3.63, 3.8) is 0 Å². The lowest BCUT2D eigenvalue weighted by Crippen LogP contribution is -2.23. The molecule has 0 aliphatic carbocycles. The normalized spacial score (nSPS) is 12.4. The van der Waals surface area contributed by atoms with Crippen LogP contribution in [0.1, 0.15) is 46.7 Å². The summed E-state index contributed by atoms with van der Waals surface area (Å²) in [5, 5.41) is 4.29. The highest BCUT2D eigenvalue weighted by atomic mass is 16.5. The summed E-state index contributed by atoms with van der Waals surface area (Å²) in [6.07, 6.45) is 3.09. The number of hydrogen-bond acceptors (Lipinski definition) is 4. The first-order chi connectivity index (χ1) is 11.8. The van der Waals surface area contributed by atoms with E-state index in [2.05, 4.69) is 12.0 Å². The van der Waals surface area contributed by atoms with Crippen molar-refractivity contribution in [2.45, 2.75) is 40.2 Å². The molecular weight excluding hydrogens is 316 g/mol. The van der Waals surface area contributed by atoms with Gasteiger partial charge in [-0.3, -0.25) is 9.48 Å². The van der Waals surface area contributed by atoms with E-state index in [4.69, 9.17) is 4.74 Å². The molecule has 0 saturated carbocycles. The largest absolute Gasteiger partial charge is 0.451 e. The van der Waals surface area contributed by atoms with Crippen molar-refractivity contribution < 1.29 is 14.3 Å². The molecule has 0 fully saturated rings. The maximum absolute atomic E-state index is 12.4. The molecule has 0 bridgehead atoms. The maximum atomic E-state index is 12.4. The van der Waals surface area contributed by atoms with E-state index in [1.165, 1.54) is 6.08 Å². The van der Waals surface area contributed by atoms with E-state index >= 15 is 0 Å². The van der Waals surface area contributed by atoms with Crippen LogP contribution in [-0.4, -0.2) is 27.6 Å². The van der Waals surface area contributed by atoms with Crippen LogP contribution >= 0.6 is 0 Å². The SMILES string of the molecule is CCc1ccc(C(=O)[C@@H](C)OC(=O)/C=C/c2c(C)nn(C)c2C)cc1. The Morgan fingerprint density at radius 1 is 1.24 bits per heavy atom. The quantitative estimate of drug-likeness (QED) is 0.459. The smallest absolute Gasteiger partial charge is 0.331 e. The summed E-state index contributed by atoms with van der Waals surface area (Å²) >= 11 is 0. The number of ether oxygens (including phenoxy) is 1. The molecule has 1 aromatic carbocycles. The van der Waals surface area contributed by atoms with Crippen molar-refractivity contribution >= 4 is 17.8 Å². The number of ketones is 1. The molecule has 0 amide bonds. The number of carbonyl (C=O) groups is 2. The molecule has 0 aliphatic rings. The summed E-state index contributed by atoms with van der Waals surface area (Å²) in [6.45, 7) is 7.45. The molecule has 0 spiro atoms. The van der Waals surface area contributed by atoms with Crippen molar-refractivity contribution in [2.75, 3.05) is 0 Å². The van der Waals surface area contributed by atoms with E-state index in [1.54, 1.807) is 29.8 Å². The molecule has 5 heteroatoms. The average Bonchev–Trinajstić information content (AvgIpc) is 2.84. The van der Waals surface area contributed by atoms with Crippen molar-refractivity contribution in [3.05, 3.63) is 58.4 Å². The first-order valence-corrected chi connectivity index (χ1v) is 8.35. The summed E-state index contributed by atoms with van der Waals surface area (Å²) in [4.78, 5) is 24.4. The van der Waals surface area contributed by atoms with Crippen LogP contribution in [0.4, 0.5) is 0 Å². The molecule has 25 heavy (non-hydrogen) atoms. The highest BCUT2D eigenvalue weighted by Gasteiger charge is 2.18. The van der Waals surface area contributed by atoms with E-state index < -0.39 is 12.1 Å². The minimum absolute atomic E-state index is 0.210. The zero-order chi connectivity index (χ0) is 18.6. The van der Waals surface area contributed by atoms with E-state index in [-0.39, 0.29) is 5.78 Å². The van der Waals surface area contributed by atoms with Crippen molar-refractivity contribution in [1.82, 2.24) is 9.78 Å². The third-order valence-electron chi connectivity index (χ3n) is 4.26. The zero-order valence-electron chi connectivity index (χ0n) is 15.4. The van der Waals surface area contributed by atoms with Crippen LogP contribution in [0.2, 0.25) is 0 Å². The monoisotopic (exact) mass is 340 g/mol. The van der Waals surface area contributed by atoms with Gasteiger partial charge >= 0.3 is 5.97 Å². The lowest BCUT2D eigenvalue weighted by Gasteiger charge is -2.11. The van der Waals surface area contributed by atoms with Gasteiger partial charge in [0, 0.05) is 29.9 Å². The predicted molar refractivity (Wildman–Crippen MR) is 97.4 cm³/mol. The highest BCUT2D eigenvalue weighted by molar-refractivity contribution is 6.01. The second-order valence-corrected chi connectivity index (χ2v) is 6.04. The Bertz CT molecular complexity index is 801. The Morgan fingerprint density at radius 2 is 1.88 bits per heavy atom. The number of nitrogens with zero attached hydrogens (tertiary/aromatic N) is 2. The lowest BCUT2D eigenvalue weighted by molar-refractivity contribution is -0.140. The zero-order valence-corrected chi connectivity index (χ0v) is 15.4. The van der Waals surface area contributed by atoms with E-state index in [1.807, 2.05) is 33.0 Å². The number of rotatable bonds is 6. The summed E-state index contributed by atoms with van der Waals surface area (Å²) in [7, 11) is 1.85. The van der Waals surface area contributed by atoms with Gasteiger partial charge in [-0.25, -0.2) is 4.79 Å². The van der Waals surface area contributed by atoms with Crippen LogP contribution in [0.15, 0.2) is 30.3 Å². The summed E-state index contributed by atoms with van der Waals surface area (Å²) in [5.41, 5.74) is 4.38. The van der Waals surface area contributed by atoms with Crippen LogP contribution in [-0.2, 0) is 23.0 Å². The summed E-state index contributed by atoms with van der Waals surface area (Å²) in [6, 6.07) is 7.36. The molecule has 132 valence electrons. The van der Waals surface area contributed by atoms with Crippen LogP contribution in [0.3, 0.4) is 0 Å². The number of carbonyl (C=O) groups excluding carboxylic acids is 2. The minimum atomic E-state index is -0.833. The van der Waals surface area contributed by atoms with Gasteiger partial charge in [0.2, 0.25) is 5.78 Å². The lowest BCUT2D eigenvalue weighted by atomic mass is 10.0. The Balaban J connectivity index is 2.01. The number of hydrogen-bond donors (Lipinski definition) is 0. The molecule has 0 saturated heterocycles. The topological polar surface area (TPSA) is 61.2 Å². The fraction of sp³-hybridized carbons (Fsp3) is 0.350. The van der Waals surface area contributed by atoms with Gasteiger partial charge in [0.15, 0.2) is 6.10 Å². The Labute approximate surface area is 148 Å². The molecule has 5 nitrogen and oxygen atoms in total. The number of Topliss-reactive ketones (excluding diaryl/α,β-unsaturated/α-hetero) is 1. The van der Waals surface area contributed by atoms with Gasteiger partial charge < -0.3 is 4.74 Å². The fourth-order valence-corrected chi connectivity index (χ4v) is 2.59. The second kappa shape index (κ2) is 7.92. The van der Waals surface area contributed by atoms with E-state index in [9.17, 15) is 9.59 Å². The molecule has 0 unspecified atom stereocenters. The maximum Gasteiger partial charge on any atom is 0.331 e. The third-order valence-corrected chi connectivity index (χ3v) is 4.26. The molecule has 2 rings (SSSR count). The molecular formula is C20H24N2O3. The minimum Gasteiger partial charge on any atom is -0.451 e. The van der Waals surface area contributed by atoms with Gasteiger partial charge in [0.1, 0.15) is 0 Å². The molecule has 2 aromatic rings. The number of benzene rings is 1. The highest BCUT2D eigenvalue weighted by Crippen LogP contribution is 2.14. The molecule has 0 radical (unpaired) electrons. The van der Waals surface area contributed by atoms with Crippen LogP contribution in [0, 0.1) is 13.8 Å². The van der Waals surface area contributed by atoms with Crippen LogP contribution in [0.25, 0.3) is 6.08 Å². The van der Waals surface area contributed by atoms with Crippen LogP contribution in [0.5, 0.6) is 0 Å².